The number of nitrogens with zero attached hydrogens (tertiary/aromatic N) is 2. The van der Waals surface area contributed by atoms with Gasteiger partial charge in [0.25, 0.3) is 0 Å². The van der Waals surface area contributed by atoms with Crippen molar-refractivity contribution in [1.29, 1.82) is 5.26 Å². The van der Waals surface area contributed by atoms with Gasteiger partial charge < -0.3 is 10.0 Å². The van der Waals surface area contributed by atoms with Gasteiger partial charge in [0.05, 0.1) is 11.3 Å². The zero-order valence-corrected chi connectivity index (χ0v) is 11.4. The van der Waals surface area contributed by atoms with E-state index < -0.39 is 0 Å². The molecule has 4 heteroatoms. The van der Waals surface area contributed by atoms with E-state index in [1.165, 1.54) is 0 Å². The highest BCUT2D eigenvalue weighted by Crippen LogP contribution is 2.32. The van der Waals surface area contributed by atoms with Gasteiger partial charge in [-0.1, -0.05) is 13.0 Å². The Labute approximate surface area is 112 Å². The van der Waals surface area contributed by atoms with Crippen LogP contribution in [0.25, 0.3) is 0 Å². The van der Waals surface area contributed by atoms with Crippen molar-refractivity contribution in [2.45, 2.75) is 18.2 Å². The molecule has 0 amide bonds. The van der Waals surface area contributed by atoms with Crippen LogP contribution in [0.1, 0.15) is 18.9 Å². The largest absolute Gasteiger partial charge is 0.396 e. The Morgan fingerprint density at radius 3 is 3.00 bits per heavy atom. The number of thioether (sulfide) groups is 1. The molecule has 1 aliphatic rings. The number of rotatable bonds is 4. The average Bonchev–Trinajstić information content (AvgIpc) is 2.87. The number of aliphatic hydroxyl groups excluding tert-OH is 1. The smallest absolute Gasteiger partial charge is 0.103 e. The zero-order chi connectivity index (χ0) is 13.0. The predicted molar refractivity (Wildman–Crippen MR) is 75.0 cm³/mol. The molecular formula is C14H18N2OS. The van der Waals surface area contributed by atoms with Crippen LogP contribution in [-0.4, -0.2) is 30.6 Å². The lowest BCUT2D eigenvalue weighted by molar-refractivity contribution is 0.238. The highest BCUT2D eigenvalue weighted by atomic mass is 32.2. The number of aliphatic hydroxyl groups is 1. The summed E-state index contributed by atoms with van der Waals surface area (Å²) in [6, 6.07) is 8.37. The lowest BCUT2D eigenvalue weighted by Gasteiger charge is -2.21. The van der Waals surface area contributed by atoms with Gasteiger partial charge in [-0.25, -0.2) is 0 Å². The molecule has 2 rings (SSSR count). The van der Waals surface area contributed by atoms with Crippen LogP contribution in [0.3, 0.4) is 0 Å². The van der Waals surface area contributed by atoms with Crippen LogP contribution >= 0.6 is 11.8 Å². The van der Waals surface area contributed by atoms with E-state index in [4.69, 9.17) is 0 Å². The fraction of sp³-hybridized carbons (Fsp3) is 0.500. The number of anilines is 1. The Balaban J connectivity index is 2.28. The highest BCUT2D eigenvalue weighted by molar-refractivity contribution is 7.99. The summed E-state index contributed by atoms with van der Waals surface area (Å²) in [7, 11) is 0. The maximum absolute atomic E-state index is 9.37. The Kier molecular flexibility index (Phi) is 4.51. The Hall–Kier alpha value is -1.18. The first-order chi connectivity index (χ1) is 8.80. The monoisotopic (exact) mass is 262 g/mol. The predicted octanol–water partition coefficient (Wildman–Crippen LogP) is 2.49. The number of hydrogen-bond acceptors (Lipinski definition) is 4. The van der Waals surface area contributed by atoms with Gasteiger partial charge in [-0.15, -0.1) is 11.8 Å². The van der Waals surface area contributed by atoms with E-state index in [1.807, 2.05) is 18.2 Å². The van der Waals surface area contributed by atoms with Gasteiger partial charge in [0, 0.05) is 30.5 Å². The molecule has 0 bridgehead atoms. The molecule has 1 aliphatic heterocycles. The molecule has 3 nitrogen and oxygen atoms in total. The van der Waals surface area contributed by atoms with E-state index in [0.717, 1.165) is 41.4 Å². The van der Waals surface area contributed by atoms with E-state index in [0.29, 0.717) is 5.92 Å². The minimum Gasteiger partial charge on any atom is -0.396 e. The van der Waals surface area contributed by atoms with Crippen molar-refractivity contribution in [3.63, 3.8) is 0 Å². The van der Waals surface area contributed by atoms with Crippen LogP contribution in [-0.2, 0) is 0 Å². The van der Waals surface area contributed by atoms with Crippen molar-refractivity contribution in [2.75, 3.05) is 30.3 Å². The van der Waals surface area contributed by atoms with Crippen molar-refractivity contribution >= 4 is 17.4 Å². The molecule has 1 fully saturated rings. The lowest BCUT2D eigenvalue weighted by Crippen LogP contribution is -2.21. The van der Waals surface area contributed by atoms with Crippen LogP contribution in [0.4, 0.5) is 5.69 Å². The van der Waals surface area contributed by atoms with Crippen LogP contribution < -0.4 is 4.90 Å². The van der Waals surface area contributed by atoms with Gasteiger partial charge in [-0.05, 0) is 24.3 Å². The molecule has 18 heavy (non-hydrogen) atoms. The lowest BCUT2D eigenvalue weighted by atomic mass is 10.1. The first-order valence-electron chi connectivity index (χ1n) is 6.31. The molecule has 0 aromatic heterocycles. The molecule has 1 heterocycles. The second-order valence-corrected chi connectivity index (χ2v) is 5.78. The summed E-state index contributed by atoms with van der Waals surface area (Å²) in [5.41, 5.74) is 1.80. The van der Waals surface area contributed by atoms with Crippen LogP contribution in [0.5, 0.6) is 0 Å². The third-order valence-electron chi connectivity index (χ3n) is 3.30. The summed E-state index contributed by atoms with van der Waals surface area (Å²) in [6.45, 7) is 4.11. The zero-order valence-electron chi connectivity index (χ0n) is 10.6. The quantitative estimate of drug-likeness (QED) is 0.847. The summed E-state index contributed by atoms with van der Waals surface area (Å²) in [4.78, 5) is 3.28. The van der Waals surface area contributed by atoms with Crippen LogP contribution in [0.2, 0.25) is 0 Å². The summed E-state index contributed by atoms with van der Waals surface area (Å²) in [5.74, 6) is 1.32. The minimum absolute atomic E-state index is 0.238. The second-order valence-electron chi connectivity index (χ2n) is 4.48. The van der Waals surface area contributed by atoms with Crippen molar-refractivity contribution < 1.29 is 5.11 Å². The third-order valence-corrected chi connectivity index (χ3v) is 4.24. The molecule has 1 N–H and O–H groups in total. The molecule has 1 saturated heterocycles. The van der Waals surface area contributed by atoms with Crippen LogP contribution in [0, 0.1) is 17.2 Å². The fourth-order valence-corrected chi connectivity index (χ4v) is 3.15. The topological polar surface area (TPSA) is 47.3 Å². The molecule has 0 radical (unpaired) electrons. The Morgan fingerprint density at radius 1 is 1.56 bits per heavy atom. The molecule has 0 saturated carbocycles. The van der Waals surface area contributed by atoms with Gasteiger partial charge in [0.15, 0.2) is 0 Å². The van der Waals surface area contributed by atoms with E-state index >= 15 is 0 Å². The maximum atomic E-state index is 9.37. The van der Waals surface area contributed by atoms with Crippen molar-refractivity contribution in [1.82, 2.24) is 0 Å². The number of hydrogen-bond donors (Lipinski definition) is 1. The van der Waals surface area contributed by atoms with Crippen LogP contribution in [0.15, 0.2) is 23.1 Å². The molecule has 1 aromatic carbocycles. The number of benzene rings is 1. The third kappa shape index (κ3) is 2.63. The molecule has 1 unspecified atom stereocenters. The van der Waals surface area contributed by atoms with Crippen molar-refractivity contribution in [2.24, 2.45) is 5.92 Å². The molecule has 96 valence electrons. The summed E-state index contributed by atoms with van der Waals surface area (Å²) >= 11 is 1.71. The molecule has 1 aromatic rings. The maximum Gasteiger partial charge on any atom is 0.103 e. The molecule has 0 spiro atoms. The normalized spacial score (nSPS) is 18.9. The molecule has 1 atom stereocenters. The van der Waals surface area contributed by atoms with E-state index in [1.54, 1.807) is 11.8 Å². The van der Waals surface area contributed by atoms with E-state index in [-0.39, 0.29) is 6.61 Å². The fourth-order valence-electron chi connectivity index (χ4n) is 2.37. The summed E-state index contributed by atoms with van der Waals surface area (Å²) in [5, 5.41) is 18.6. The van der Waals surface area contributed by atoms with Crippen molar-refractivity contribution in [3.05, 3.63) is 23.8 Å². The van der Waals surface area contributed by atoms with E-state index in [2.05, 4.69) is 17.9 Å². The van der Waals surface area contributed by atoms with Gasteiger partial charge in [-0.3, -0.25) is 0 Å². The standard InChI is InChI=1S/C14H18N2OS/c1-2-18-14-5-3-4-13(12(14)8-15)16-7-6-11(9-16)10-17/h3-5,11,17H,2,6-7,9-10H2,1H3. The SMILES string of the molecule is CCSc1cccc(N2CCC(CO)C2)c1C#N. The van der Waals surface area contributed by atoms with Gasteiger partial charge >= 0.3 is 0 Å². The first-order valence-corrected chi connectivity index (χ1v) is 7.30. The highest BCUT2D eigenvalue weighted by Gasteiger charge is 2.24. The van der Waals surface area contributed by atoms with Gasteiger partial charge in [0.2, 0.25) is 0 Å². The first kappa shape index (κ1) is 13.3. The van der Waals surface area contributed by atoms with Gasteiger partial charge in [0.1, 0.15) is 6.07 Å². The Morgan fingerprint density at radius 2 is 2.39 bits per heavy atom. The summed E-state index contributed by atoms with van der Waals surface area (Å²) in [6.07, 6.45) is 1.01. The number of nitriles is 1. The molecular weight excluding hydrogens is 244 g/mol. The Bertz CT molecular complexity index is 456. The molecule has 0 aliphatic carbocycles. The van der Waals surface area contributed by atoms with E-state index in [9.17, 15) is 10.4 Å². The van der Waals surface area contributed by atoms with Gasteiger partial charge in [-0.2, -0.15) is 5.26 Å². The summed E-state index contributed by atoms with van der Waals surface area (Å²) < 4.78 is 0. The minimum atomic E-state index is 0.238. The second kappa shape index (κ2) is 6.12. The average molecular weight is 262 g/mol. The van der Waals surface area contributed by atoms with Crippen molar-refractivity contribution in [3.8, 4) is 6.07 Å².